The van der Waals surface area contributed by atoms with E-state index < -0.39 is 11.9 Å². The molecule has 17 heavy (non-hydrogen) atoms. The van der Waals surface area contributed by atoms with Gasteiger partial charge in [0.25, 0.3) is 0 Å². The van der Waals surface area contributed by atoms with Crippen LogP contribution in [-0.2, 0) is 4.79 Å². The molecule has 0 fully saturated rings. The van der Waals surface area contributed by atoms with E-state index in [9.17, 15) is 9.59 Å². The van der Waals surface area contributed by atoms with Gasteiger partial charge < -0.3 is 10.6 Å². The van der Waals surface area contributed by atoms with Crippen molar-refractivity contribution in [3.8, 4) is 0 Å². The molecular formula is C12H15BrN2O2. The standard InChI is InChI=1S/C12H15BrN2O2/c1-3-10(12(14)17)15(2)11-6-9(13)5-4-8(11)7-16/h4-7,10H,3H2,1-2H3,(H2,14,17). The van der Waals surface area contributed by atoms with Crippen LogP contribution in [-0.4, -0.2) is 25.3 Å². The van der Waals surface area contributed by atoms with Crippen molar-refractivity contribution < 1.29 is 9.59 Å². The fraction of sp³-hybridized carbons (Fsp3) is 0.333. The second-order valence-electron chi connectivity index (χ2n) is 3.76. The Hall–Kier alpha value is -1.36. The van der Waals surface area contributed by atoms with Crippen LogP contribution in [0, 0.1) is 0 Å². The molecule has 0 spiro atoms. The highest BCUT2D eigenvalue weighted by atomic mass is 79.9. The first-order chi connectivity index (χ1) is 8.01. The summed E-state index contributed by atoms with van der Waals surface area (Å²) in [7, 11) is 1.76. The minimum atomic E-state index is -0.414. The summed E-state index contributed by atoms with van der Waals surface area (Å²) in [5.74, 6) is -0.396. The van der Waals surface area contributed by atoms with E-state index >= 15 is 0 Å². The summed E-state index contributed by atoms with van der Waals surface area (Å²) in [6, 6.07) is 4.88. The lowest BCUT2D eigenvalue weighted by Gasteiger charge is -2.27. The van der Waals surface area contributed by atoms with Gasteiger partial charge in [0.1, 0.15) is 6.04 Å². The molecule has 1 aromatic carbocycles. The number of anilines is 1. The SMILES string of the molecule is CCC(C(N)=O)N(C)c1cc(Br)ccc1C=O. The molecule has 0 heterocycles. The number of nitrogens with two attached hydrogens (primary N) is 1. The number of halogens is 1. The highest BCUT2D eigenvalue weighted by molar-refractivity contribution is 9.10. The van der Waals surface area contributed by atoms with E-state index in [1.807, 2.05) is 6.92 Å². The van der Waals surface area contributed by atoms with Crippen molar-refractivity contribution in [1.82, 2.24) is 0 Å². The summed E-state index contributed by atoms with van der Waals surface area (Å²) in [6.45, 7) is 1.88. The van der Waals surface area contributed by atoms with Gasteiger partial charge in [0.05, 0.1) is 0 Å². The molecule has 5 heteroatoms. The van der Waals surface area contributed by atoms with Gasteiger partial charge in [-0.05, 0) is 24.6 Å². The molecule has 4 nitrogen and oxygen atoms in total. The fourth-order valence-electron chi connectivity index (χ4n) is 1.76. The topological polar surface area (TPSA) is 63.4 Å². The lowest BCUT2D eigenvalue weighted by molar-refractivity contribution is -0.119. The number of amides is 1. The first-order valence-corrected chi connectivity index (χ1v) is 6.07. The van der Waals surface area contributed by atoms with Crippen LogP contribution in [0.3, 0.4) is 0 Å². The number of hydrogen-bond acceptors (Lipinski definition) is 3. The number of benzene rings is 1. The predicted molar refractivity (Wildman–Crippen MR) is 71.2 cm³/mol. The summed E-state index contributed by atoms with van der Waals surface area (Å²) in [6.07, 6.45) is 1.36. The second kappa shape index (κ2) is 5.82. The van der Waals surface area contributed by atoms with Crippen LogP contribution < -0.4 is 10.6 Å². The van der Waals surface area contributed by atoms with Gasteiger partial charge >= 0.3 is 0 Å². The number of aldehydes is 1. The van der Waals surface area contributed by atoms with E-state index in [-0.39, 0.29) is 0 Å². The van der Waals surface area contributed by atoms with E-state index in [2.05, 4.69) is 15.9 Å². The summed E-state index contributed by atoms with van der Waals surface area (Å²) >= 11 is 3.34. The monoisotopic (exact) mass is 298 g/mol. The van der Waals surface area contributed by atoms with Gasteiger partial charge in [-0.15, -0.1) is 0 Å². The van der Waals surface area contributed by atoms with Gasteiger partial charge in [0, 0.05) is 22.8 Å². The van der Waals surface area contributed by atoms with E-state index in [4.69, 9.17) is 5.73 Å². The molecule has 1 unspecified atom stereocenters. The Morgan fingerprint density at radius 1 is 1.59 bits per heavy atom. The van der Waals surface area contributed by atoms with Crippen molar-refractivity contribution in [3.63, 3.8) is 0 Å². The number of primary amides is 1. The van der Waals surface area contributed by atoms with E-state index in [0.29, 0.717) is 17.7 Å². The third-order valence-corrected chi connectivity index (χ3v) is 3.18. The molecule has 1 aromatic rings. The molecule has 0 radical (unpaired) electrons. The van der Waals surface area contributed by atoms with Crippen LogP contribution in [0.25, 0.3) is 0 Å². The van der Waals surface area contributed by atoms with Gasteiger partial charge in [-0.2, -0.15) is 0 Å². The van der Waals surface area contributed by atoms with Crippen LogP contribution in [0.5, 0.6) is 0 Å². The molecular weight excluding hydrogens is 284 g/mol. The normalized spacial score (nSPS) is 11.9. The maximum Gasteiger partial charge on any atom is 0.240 e. The highest BCUT2D eigenvalue weighted by Gasteiger charge is 2.20. The minimum absolute atomic E-state index is 0.396. The molecule has 0 aliphatic heterocycles. The van der Waals surface area contributed by atoms with E-state index in [0.717, 1.165) is 10.8 Å². The largest absolute Gasteiger partial charge is 0.368 e. The third kappa shape index (κ3) is 3.06. The summed E-state index contributed by atoms with van der Waals surface area (Å²) in [5, 5.41) is 0. The Morgan fingerprint density at radius 2 is 2.24 bits per heavy atom. The van der Waals surface area contributed by atoms with Crippen LogP contribution in [0.1, 0.15) is 23.7 Å². The number of nitrogens with zero attached hydrogens (tertiary/aromatic N) is 1. The lowest BCUT2D eigenvalue weighted by Crippen LogP contribution is -2.42. The van der Waals surface area contributed by atoms with Crippen molar-refractivity contribution in [1.29, 1.82) is 0 Å². The highest BCUT2D eigenvalue weighted by Crippen LogP contribution is 2.25. The zero-order valence-corrected chi connectivity index (χ0v) is 11.4. The zero-order valence-electron chi connectivity index (χ0n) is 9.81. The minimum Gasteiger partial charge on any atom is -0.368 e. The second-order valence-corrected chi connectivity index (χ2v) is 4.67. The molecule has 1 atom stereocenters. The molecule has 1 rings (SSSR count). The molecule has 0 bridgehead atoms. The van der Waals surface area contributed by atoms with E-state index in [1.165, 1.54) is 0 Å². The first-order valence-electron chi connectivity index (χ1n) is 5.28. The Labute approximate surface area is 109 Å². The predicted octanol–water partition coefficient (Wildman–Crippen LogP) is 1.96. The number of hydrogen-bond donors (Lipinski definition) is 1. The summed E-state index contributed by atoms with van der Waals surface area (Å²) < 4.78 is 0.851. The maximum absolute atomic E-state index is 11.3. The average Bonchev–Trinajstić information content (AvgIpc) is 2.29. The van der Waals surface area contributed by atoms with Crippen molar-refractivity contribution in [3.05, 3.63) is 28.2 Å². The van der Waals surface area contributed by atoms with Crippen molar-refractivity contribution in [2.75, 3.05) is 11.9 Å². The summed E-state index contributed by atoms with van der Waals surface area (Å²) in [5.41, 5.74) is 6.57. The number of carbonyl (C=O) groups is 2. The van der Waals surface area contributed by atoms with Crippen molar-refractivity contribution in [2.45, 2.75) is 19.4 Å². The smallest absolute Gasteiger partial charge is 0.240 e. The van der Waals surface area contributed by atoms with Gasteiger partial charge in [0.2, 0.25) is 5.91 Å². The molecule has 92 valence electrons. The first kappa shape index (κ1) is 13.7. The number of carbonyl (C=O) groups excluding carboxylic acids is 2. The zero-order chi connectivity index (χ0) is 13.0. The third-order valence-electron chi connectivity index (χ3n) is 2.68. The number of likely N-dealkylation sites (N-methyl/N-ethyl adjacent to an activating group) is 1. The fourth-order valence-corrected chi connectivity index (χ4v) is 2.10. The molecule has 1 amide bonds. The van der Waals surface area contributed by atoms with Gasteiger partial charge in [0.15, 0.2) is 6.29 Å². The van der Waals surface area contributed by atoms with Crippen LogP contribution in [0.2, 0.25) is 0 Å². The van der Waals surface area contributed by atoms with Gasteiger partial charge in [-0.3, -0.25) is 9.59 Å². The van der Waals surface area contributed by atoms with Crippen molar-refractivity contribution in [2.24, 2.45) is 5.73 Å². The molecule has 0 aromatic heterocycles. The molecule has 0 saturated heterocycles. The molecule has 2 N–H and O–H groups in total. The Morgan fingerprint density at radius 3 is 2.71 bits per heavy atom. The van der Waals surface area contributed by atoms with Crippen LogP contribution in [0.4, 0.5) is 5.69 Å². The van der Waals surface area contributed by atoms with Gasteiger partial charge in [-0.1, -0.05) is 22.9 Å². The van der Waals surface area contributed by atoms with Gasteiger partial charge in [-0.25, -0.2) is 0 Å². The Bertz CT molecular complexity index is 435. The van der Waals surface area contributed by atoms with E-state index in [1.54, 1.807) is 30.1 Å². The maximum atomic E-state index is 11.3. The molecule has 0 aliphatic rings. The molecule has 0 aliphatic carbocycles. The Balaban J connectivity index is 3.17. The van der Waals surface area contributed by atoms with Crippen LogP contribution in [0.15, 0.2) is 22.7 Å². The number of rotatable bonds is 5. The summed E-state index contributed by atoms with van der Waals surface area (Å²) in [4.78, 5) is 24.0. The Kier molecular flexibility index (Phi) is 4.69. The molecule has 0 saturated carbocycles. The lowest BCUT2D eigenvalue weighted by atomic mass is 10.1. The average molecular weight is 299 g/mol. The quantitative estimate of drug-likeness (QED) is 0.845. The van der Waals surface area contributed by atoms with Crippen LogP contribution >= 0.6 is 15.9 Å². The van der Waals surface area contributed by atoms with Crippen molar-refractivity contribution >= 4 is 33.8 Å².